The van der Waals surface area contributed by atoms with Gasteiger partial charge in [0, 0.05) is 24.2 Å². The van der Waals surface area contributed by atoms with Gasteiger partial charge in [-0.05, 0) is 73.4 Å². The van der Waals surface area contributed by atoms with E-state index in [1.54, 1.807) is 36.4 Å². The van der Waals surface area contributed by atoms with E-state index in [-0.39, 0.29) is 17.3 Å². The van der Waals surface area contributed by atoms with Gasteiger partial charge in [-0.25, -0.2) is 12.8 Å². The van der Waals surface area contributed by atoms with E-state index in [0.29, 0.717) is 26.1 Å². The first kappa shape index (κ1) is 24.4. The van der Waals surface area contributed by atoms with Crippen molar-refractivity contribution in [3.05, 3.63) is 81.8 Å². The van der Waals surface area contributed by atoms with E-state index >= 15 is 0 Å². The van der Waals surface area contributed by atoms with Gasteiger partial charge in [0.15, 0.2) is 9.84 Å². The lowest BCUT2D eigenvalue weighted by Crippen LogP contribution is -2.07. The summed E-state index contributed by atoms with van der Waals surface area (Å²) in [6, 6.07) is 14.8. The molecule has 0 atom stereocenters. The fraction of sp³-hybridized carbons (Fsp3) is 0.304. The molecule has 33 heavy (non-hydrogen) atoms. The Kier molecular flexibility index (Phi) is 7.83. The molecule has 0 N–H and O–H groups in total. The van der Waals surface area contributed by atoms with E-state index in [0.717, 1.165) is 34.5 Å². The van der Waals surface area contributed by atoms with Crippen LogP contribution in [0.15, 0.2) is 59.5 Å². The average Bonchev–Trinajstić information content (AvgIpc) is 3.09. The molecule has 176 valence electrons. The highest BCUT2D eigenvalue weighted by atomic mass is 32.2. The number of halogens is 1. The van der Waals surface area contributed by atoms with Gasteiger partial charge in [-0.3, -0.25) is 0 Å². The topological polar surface area (TPSA) is 101 Å². The summed E-state index contributed by atoms with van der Waals surface area (Å²) in [6.07, 6.45) is 2.17. The number of aromatic nitrogens is 1. The number of rotatable bonds is 11. The first-order valence-corrected chi connectivity index (χ1v) is 12.2. The Morgan fingerprint density at radius 3 is 2.30 bits per heavy atom. The summed E-state index contributed by atoms with van der Waals surface area (Å²) in [7, 11) is -3.31. The third-order valence-corrected chi connectivity index (χ3v) is 6.29. The molecule has 0 aliphatic carbocycles. The summed E-state index contributed by atoms with van der Waals surface area (Å²) in [5.74, 6) is -0.336. The maximum absolute atomic E-state index is 13.5. The van der Waals surface area contributed by atoms with Crippen LogP contribution in [0.4, 0.5) is 4.39 Å². The van der Waals surface area contributed by atoms with Crippen molar-refractivity contribution >= 4 is 9.84 Å². The zero-order chi connectivity index (χ0) is 24.0. The summed E-state index contributed by atoms with van der Waals surface area (Å²) in [6.45, 7) is 2.70. The van der Waals surface area contributed by atoms with Gasteiger partial charge in [0.2, 0.25) is 0 Å². The van der Waals surface area contributed by atoms with Crippen molar-refractivity contribution in [2.75, 3.05) is 26.1 Å². The van der Waals surface area contributed by atoms with Crippen molar-refractivity contribution in [3.63, 3.8) is 0 Å². The molecule has 0 unspecified atom stereocenters. The van der Waals surface area contributed by atoms with Gasteiger partial charge in [0.05, 0.1) is 23.8 Å². The van der Waals surface area contributed by atoms with Gasteiger partial charge in [-0.1, -0.05) is 12.1 Å². The van der Waals surface area contributed by atoms with Crippen molar-refractivity contribution in [3.8, 4) is 16.9 Å². The predicted molar refractivity (Wildman–Crippen MR) is 121 cm³/mol. The second-order valence-corrected chi connectivity index (χ2v) is 9.54. The molecular formula is C23H25FN2O6S. The minimum Gasteiger partial charge on any atom is -0.381 e. The maximum atomic E-state index is 13.5. The molecule has 0 spiro atoms. The van der Waals surface area contributed by atoms with E-state index in [1.165, 1.54) is 12.1 Å². The molecule has 0 bridgehead atoms. The Morgan fingerprint density at radius 2 is 1.70 bits per heavy atom. The van der Waals surface area contributed by atoms with Crippen LogP contribution in [0.5, 0.6) is 0 Å². The average molecular weight is 477 g/mol. The summed E-state index contributed by atoms with van der Waals surface area (Å²) < 4.78 is 44.7. The van der Waals surface area contributed by atoms with Crippen molar-refractivity contribution in [2.24, 2.45) is 0 Å². The number of hydrogen-bond acceptors (Lipinski definition) is 6. The van der Waals surface area contributed by atoms with Crippen LogP contribution in [0.1, 0.15) is 17.7 Å². The Hall–Kier alpha value is -3.24. The van der Waals surface area contributed by atoms with Crippen molar-refractivity contribution in [2.45, 2.75) is 24.7 Å². The fourth-order valence-electron chi connectivity index (χ4n) is 3.50. The molecule has 10 heteroatoms. The van der Waals surface area contributed by atoms with E-state index in [9.17, 15) is 22.9 Å². The molecule has 8 nitrogen and oxygen atoms in total. The van der Waals surface area contributed by atoms with Crippen LogP contribution in [0.25, 0.3) is 16.9 Å². The molecule has 0 fully saturated rings. The highest BCUT2D eigenvalue weighted by Crippen LogP contribution is 2.30. The molecule has 0 radical (unpaired) electrons. The molecule has 3 rings (SSSR count). The van der Waals surface area contributed by atoms with E-state index in [1.807, 2.05) is 17.6 Å². The van der Waals surface area contributed by atoms with Crippen LogP contribution in [-0.4, -0.2) is 44.1 Å². The highest BCUT2D eigenvalue weighted by molar-refractivity contribution is 7.90. The summed E-state index contributed by atoms with van der Waals surface area (Å²) in [4.78, 5) is 14.6. The van der Waals surface area contributed by atoms with Crippen LogP contribution in [-0.2, 0) is 25.8 Å². The summed E-state index contributed by atoms with van der Waals surface area (Å²) in [5, 5.41) is 9.33. The maximum Gasteiger partial charge on any atom is 0.294 e. The number of hydrogen-bond donors (Lipinski definition) is 0. The largest absolute Gasteiger partial charge is 0.381 e. The van der Waals surface area contributed by atoms with Gasteiger partial charge in [-0.15, -0.1) is 10.1 Å². The number of sulfone groups is 1. The second-order valence-electron chi connectivity index (χ2n) is 7.52. The van der Waals surface area contributed by atoms with E-state index in [4.69, 9.17) is 4.74 Å². The van der Waals surface area contributed by atoms with E-state index in [2.05, 4.69) is 4.84 Å². The SMILES string of the molecule is Cc1c(CCOCCCO[N+](=O)[O-])cc(-c2ccc(S(C)(=O)=O)cc2)n1-c1ccc(F)cc1. The first-order valence-electron chi connectivity index (χ1n) is 10.3. The Labute approximate surface area is 191 Å². The zero-order valence-corrected chi connectivity index (χ0v) is 19.2. The smallest absolute Gasteiger partial charge is 0.294 e. The van der Waals surface area contributed by atoms with Crippen molar-refractivity contribution in [1.29, 1.82) is 0 Å². The van der Waals surface area contributed by atoms with Gasteiger partial charge < -0.3 is 14.1 Å². The Bertz CT molecular complexity index is 1200. The minimum absolute atomic E-state index is 0.0133. The van der Waals surface area contributed by atoms with Gasteiger partial charge >= 0.3 is 0 Å². The lowest BCUT2D eigenvalue weighted by Gasteiger charge is -2.13. The first-order chi connectivity index (χ1) is 15.7. The fourth-order valence-corrected chi connectivity index (χ4v) is 4.13. The lowest BCUT2D eigenvalue weighted by molar-refractivity contribution is -0.757. The quantitative estimate of drug-likeness (QED) is 0.234. The predicted octanol–water partition coefficient (Wildman–Crippen LogP) is 4.15. The van der Waals surface area contributed by atoms with Crippen LogP contribution in [0.2, 0.25) is 0 Å². The molecule has 0 amide bonds. The zero-order valence-electron chi connectivity index (χ0n) is 18.4. The standard InChI is InChI=1S/C23H25FN2O6S/c1-17-19(12-15-31-13-3-14-32-26(27)28)16-23(25(17)21-8-6-20(24)7-9-21)18-4-10-22(11-5-18)33(2,29)30/h4-11,16H,3,12-15H2,1-2H3. The number of benzene rings is 2. The minimum atomic E-state index is -3.31. The van der Waals surface area contributed by atoms with Gasteiger partial charge in [0.1, 0.15) is 5.82 Å². The molecule has 0 saturated heterocycles. The molecule has 1 heterocycles. The van der Waals surface area contributed by atoms with Crippen molar-refractivity contribution in [1.82, 2.24) is 4.57 Å². The van der Waals surface area contributed by atoms with Gasteiger partial charge in [0.25, 0.3) is 5.09 Å². The summed E-state index contributed by atoms with van der Waals surface area (Å²) in [5.41, 5.74) is 4.40. The second kappa shape index (κ2) is 10.6. The number of ether oxygens (including phenoxy) is 1. The molecule has 1 aromatic heterocycles. The molecule has 0 saturated carbocycles. The third kappa shape index (κ3) is 6.39. The van der Waals surface area contributed by atoms with Crippen LogP contribution in [0, 0.1) is 22.9 Å². The molecular weight excluding hydrogens is 451 g/mol. The third-order valence-electron chi connectivity index (χ3n) is 5.16. The molecule has 0 aliphatic heterocycles. The Balaban J connectivity index is 1.84. The molecule has 3 aromatic rings. The Morgan fingerprint density at radius 1 is 1.03 bits per heavy atom. The van der Waals surface area contributed by atoms with Crippen LogP contribution in [0.3, 0.4) is 0 Å². The number of nitrogens with zero attached hydrogens (tertiary/aromatic N) is 2. The van der Waals surface area contributed by atoms with Gasteiger partial charge in [-0.2, -0.15) is 0 Å². The monoisotopic (exact) mass is 476 g/mol. The van der Waals surface area contributed by atoms with Crippen LogP contribution < -0.4 is 0 Å². The van der Waals surface area contributed by atoms with E-state index < -0.39 is 14.9 Å². The van der Waals surface area contributed by atoms with Crippen LogP contribution >= 0.6 is 0 Å². The molecule has 2 aromatic carbocycles. The summed E-state index contributed by atoms with van der Waals surface area (Å²) >= 11 is 0. The van der Waals surface area contributed by atoms with Crippen molar-refractivity contribution < 1.29 is 27.5 Å². The highest BCUT2D eigenvalue weighted by Gasteiger charge is 2.16. The molecule has 0 aliphatic rings. The normalized spacial score (nSPS) is 11.5. The lowest BCUT2D eigenvalue weighted by atomic mass is 10.1.